The fraction of sp³-hybridized carbons (Fsp3) is 0.333. The molecule has 39 heavy (non-hydrogen) atoms. The molecule has 1 amide bonds. The van der Waals surface area contributed by atoms with Crippen molar-refractivity contribution in [3.8, 4) is 0 Å². The molecule has 0 saturated carbocycles. The second kappa shape index (κ2) is 11.4. The highest BCUT2D eigenvalue weighted by molar-refractivity contribution is 7.92. The van der Waals surface area contributed by atoms with Gasteiger partial charge in [-0.25, -0.2) is 18.4 Å². The minimum absolute atomic E-state index is 0.0650. The van der Waals surface area contributed by atoms with Crippen LogP contribution >= 0.6 is 0 Å². The predicted molar refractivity (Wildman–Crippen MR) is 138 cm³/mol. The van der Waals surface area contributed by atoms with E-state index in [1.54, 1.807) is 41.3 Å². The van der Waals surface area contributed by atoms with E-state index in [1.807, 2.05) is 0 Å². The number of hydrogen-bond acceptors (Lipinski definition) is 9. The maximum absolute atomic E-state index is 13.7. The molecule has 4 rings (SSSR count). The number of halogens is 3. The van der Waals surface area contributed by atoms with E-state index in [0.717, 1.165) is 10.6 Å². The lowest BCUT2D eigenvalue weighted by Gasteiger charge is -2.27. The Kier molecular flexibility index (Phi) is 8.20. The van der Waals surface area contributed by atoms with Crippen LogP contribution in [-0.4, -0.2) is 73.8 Å². The molecule has 3 aromatic rings. The van der Waals surface area contributed by atoms with Crippen LogP contribution in [-0.2, 0) is 27.5 Å². The van der Waals surface area contributed by atoms with E-state index in [9.17, 15) is 26.4 Å². The van der Waals surface area contributed by atoms with E-state index in [1.165, 1.54) is 13.2 Å². The molecule has 1 aromatic carbocycles. The molecule has 0 spiro atoms. The minimum Gasteiger partial charge on any atom is -0.378 e. The molecule has 0 unspecified atom stereocenters. The van der Waals surface area contributed by atoms with Crippen LogP contribution in [0.25, 0.3) is 0 Å². The van der Waals surface area contributed by atoms with Crippen LogP contribution in [0.5, 0.6) is 0 Å². The maximum Gasteiger partial charge on any atom is 0.421 e. The van der Waals surface area contributed by atoms with E-state index in [0.29, 0.717) is 49.3 Å². The van der Waals surface area contributed by atoms with Crippen LogP contribution in [0.2, 0.25) is 0 Å². The Hall–Kier alpha value is -3.98. The summed E-state index contributed by atoms with van der Waals surface area (Å²) in [6.07, 6.45) is -1.74. The fourth-order valence-corrected chi connectivity index (χ4v) is 4.26. The Balaban J connectivity index is 1.57. The molecular formula is C24H26F3N7O4S. The van der Waals surface area contributed by atoms with Gasteiger partial charge in [-0.3, -0.25) is 9.10 Å². The van der Waals surface area contributed by atoms with Gasteiger partial charge >= 0.3 is 6.18 Å². The number of pyridine rings is 1. The van der Waals surface area contributed by atoms with Crippen LogP contribution in [0.4, 0.5) is 36.4 Å². The SMILES string of the molecule is CN(c1ncccc1CNc1nc(Nc2cccc(C(=O)N3CCOCC3)c2)ncc1C(F)(F)F)S(C)(=O)=O. The number of sulfonamides is 1. The molecule has 15 heteroatoms. The summed E-state index contributed by atoms with van der Waals surface area (Å²) in [5.41, 5.74) is 0.0302. The molecule has 1 fully saturated rings. The van der Waals surface area contributed by atoms with Crippen molar-refractivity contribution in [2.24, 2.45) is 0 Å². The van der Waals surface area contributed by atoms with Gasteiger partial charge in [0.25, 0.3) is 5.91 Å². The Morgan fingerprint density at radius 3 is 2.59 bits per heavy atom. The normalized spacial score (nSPS) is 14.1. The molecule has 11 nitrogen and oxygen atoms in total. The van der Waals surface area contributed by atoms with Gasteiger partial charge in [-0.05, 0) is 24.3 Å². The smallest absolute Gasteiger partial charge is 0.378 e. The van der Waals surface area contributed by atoms with Crippen LogP contribution in [0.15, 0.2) is 48.8 Å². The average Bonchev–Trinajstić information content (AvgIpc) is 2.91. The Morgan fingerprint density at radius 2 is 1.90 bits per heavy atom. The van der Waals surface area contributed by atoms with Gasteiger partial charge < -0.3 is 20.3 Å². The lowest BCUT2D eigenvalue weighted by Crippen LogP contribution is -2.40. The van der Waals surface area contributed by atoms with Crippen molar-refractivity contribution in [2.75, 3.05) is 54.5 Å². The number of amides is 1. The van der Waals surface area contributed by atoms with Gasteiger partial charge in [-0.1, -0.05) is 12.1 Å². The number of aromatic nitrogens is 3. The summed E-state index contributed by atoms with van der Waals surface area (Å²) in [7, 11) is -2.36. The molecular weight excluding hydrogens is 539 g/mol. The number of morpholine rings is 1. The van der Waals surface area contributed by atoms with Gasteiger partial charge in [0, 0.05) is 55.9 Å². The zero-order valence-electron chi connectivity index (χ0n) is 21.1. The zero-order chi connectivity index (χ0) is 28.2. The number of nitrogens with zero attached hydrogens (tertiary/aromatic N) is 5. The van der Waals surface area contributed by atoms with Crippen molar-refractivity contribution >= 4 is 39.2 Å². The second-order valence-corrected chi connectivity index (χ2v) is 10.6. The van der Waals surface area contributed by atoms with E-state index >= 15 is 0 Å². The van der Waals surface area contributed by atoms with Crippen LogP contribution in [0.1, 0.15) is 21.5 Å². The number of carbonyl (C=O) groups excluding carboxylic acids is 1. The number of alkyl halides is 3. The molecule has 208 valence electrons. The predicted octanol–water partition coefficient (Wildman–Crippen LogP) is 3.11. The monoisotopic (exact) mass is 565 g/mol. The van der Waals surface area contributed by atoms with E-state index < -0.39 is 27.6 Å². The first kappa shape index (κ1) is 28.0. The van der Waals surface area contributed by atoms with Crippen molar-refractivity contribution in [2.45, 2.75) is 12.7 Å². The molecule has 2 aromatic heterocycles. The highest BCUT2D eigenvalue weighted by Gasteiger charge is 2.35. The van der Waals surface area contributed by atoms with Crippen molar-refractivity contribution in [1.29, 1.82) is 0 Å². The standard InChI is InChI=1S/C24H26F3N7O4S/c1-33(39(2,36)37)21-17(6-4-8-28-21)14-29-20-19(24(25,26)27)15-30-23(32-20)31-18-7-3-5-16(13-18)22(35)34-9-11-38-12-10-34/h3-8,13,15H,9-12,14H2,1-2H3,(H2,29,30,31,32). The van der Waals surface area contributed by atoms with Gasteiger partial charge in [0.2, 0.25) is 16.0 Å². The van der Waals surface area contributed by atoms with Gasteiger partial charge in [-0.2, -0.15) is 18.2 Å². The first-order valence-electron chi connectivity index (χ1n) is 11.7. The number of ether oxygens (including phenoxy) is 1. The van der Waals surface area contributed by atoms with E-state index in [-0.39, 0.29) is 24.2 Å². The first-order chi connectivity index (χ1) is 18.4. The third-order valence-electron chi connectivity index (χ3n) is 5.87. The molecule has 1 saturated heterocycles. The van der Waals surface area contributed by atoms with Crippen molar-refractivity contribution in [1.82, 2.24) is 19.9 Å². The van der Waals surface area contributed by atoms with Crippen LogP contribution in [0, 0.1) is 0 Å². The van der Waals surface area contributed by atoms with Gasteiger partial charge in [0.1, 0.15) is 17.2 Å². The number of anilines is 4. The lowest BCUT2D eigenvalue weighted by atomic mass is 10.1. The number of carbonyl (C=O) groups is 1. The molecule has 0 bridgehead atoms. The Morgan fingerprint density at radius 1 is 1.15 bits per heavy atom. The van der Waals surface area contributed by atoms with Crippen molar-refractivity contribution < 1.29 is 31.1 Å². The van der Waals surface area contributed by atoms with Gasteiger partial charge in [0.05, 0.1) is 19.5 Å². The Labute approximate surface area is 223 Å². The average molecular weight is 566 g/mol. The van der Waals surface area contributed by atoms with E-state index in [4.69, 9.17) is 4.74 Å². The van der Waals surface area contributed by atoms with Gasteiger partial charge in [-0.15, -0.1) is 0 Å². The third-order valence-corrected chi connectivity index (χ3v) is 7.04. The van der Waals surface area contributed by atoms with Crippen LogP contribution < -0.4 is 14.9 Å². The first-order valence-corrected chi connectivity index (χ1v) is 13.6. The molecule has 3 heterocycles. The largest absolute Gasteiger partial charge is 0.421 e. The molecule has 0 atom stereocenters. The number of rotatable bonds is 8. The zero-order valence-corrected chi connectivity index (χ0v) is 21.9. The third kappa shape index (κ3) is 6.92. The minimum atomic E-state index is -4.76. The summed E-state index contributed by atoms with van der Waals surface area (Å²) in [6.45, 7) is 1.62. The highest BCUT2D eigenvalue weighted by Crippen LogP contribution is 2.34. The quantitative estimate of drug-likeness (QED) is 0.423. The molecule has 0 radical (unpaired) electrons. The lowest BCUT2D eigenvalue weighted by molar-refractivity contribution is -0.137. The summed E-state index contributed by atoms with van der Waals surface area (Å²) in [6, 6.07) is 9.56. The topological polar surface area (TPSA) is 130 Å². The summed E-state index contributed by atoms with van der Waals surface area (Å²) >= 11 is 0. The Bertz CT molecular complexity index is 1450. The highest BCUT2D eigenvalue weighted by atomic mass is 32.2. The maximum atomic E-state index is 13.7. The number of hydrogen-bond donors (Lipinski definition) is 2. The van der Waals surface area contributed by atoms with Crippen molar-refractivity contribution in [3.05, 3.63) is 65.5 Å². The van der Waals surface area contributed by atoms with Crippen molar-refractivity contribution in [3.63, 3.8) is 0 Å². The second-order valence-electron chi connectivity index (χ2n) is 8.63. The fourth-order valence-electron chi connectivity index (χ4n) is 3.78. The summed E-state index contributed by atoms with van der Waals surface area (Å²) in [4.78, 5) is 26.3. The van der Waals surface area contributed by atoms with Crippen LogP contribution in [0.3, 0.4) is 0 Å². The van der Waals surface area contributed by atoms with E-state index in [2.05, 4.69) is 25.6 Å². The molecule has 1 aliphatic rings. The number of nitrogens with one attached hydrogen (secondary N) is 2. The number of benzene rings is 1. The summed E-state index contributed by atoms with van der Waals surface area (Å²) in [5, 5.41) is 5.48. The molecule has 2 N–H and O–H groups in total. The summed E-state index contributed by atoms with van der Waals surface area (Å²) in [5.74, 6) is -0.780. The van der Waals surface area contributed by atoms with Gasteiger partial charge in [0.15, 0.2) is 0 Å². The molecule has 1 aliphatic heterocycles. The molecule has 0 aliphatic carbocycles. The summed E-state index contributed by atoms with van der Waals surface area (Å²) < 4.78 is 71.3.